The van der Waals surface area contributed by atoms with Gasteiger partial charge in [-0.25, -0.2) is 0 Å². The molecule has 1 aliphatic rings. The summed E-state index contributed by atoms with van der Waals surface area (Å²) in [6, 6.07) is 10.7. The third-order valence-corrected chi connectivity index (χ3v) is 5.45. The summed E-state index contributed by atoms with van der Waals surface area (Å²) in [5.41, 5.74) is 0.954. The van der Waals surface area contributed by atoms with Crippen molar-refractivity contribution in [3.63, 3.8) is 0 Å². The maximum absolute atomic E-state index is 12.3. The van der Waals surface area contributed by atoms with Gasteiger partial charge in [-0.15, -0.1) is 6.42 Å². The highest BCUT2D eigenvalue weighted by Gasteiger charge is 2.29. The molecule has 1 aromatic rings. The SMILES string of the molecule is C#CC(CC)(CC)NC(=O)C[NH+]1CCC(Cc2ccccc2)CC1. The molecule has 2 rings (SSSR count). The van der Waals surface area contributed by atoms with Gasteiger partial charge in [-0.3, -0.25) is 4.79 Å². The van der Waals surface area contributed by atoms with Crippen molar-refractivity contribution in [2.24, 2.45) is 5.92 Å². The Hall–Kier alpha value is -1.79. The van der Waals surface area contributed by atoms with Crippen molar-refractivity contribution in [3.05, 3.63) is 35.9 Å². The fraction of sp³-hybridized carbons (Fsp3) is 0.571. The number of quaternary nitrogens is 1. The van der Waals surface area contributed by atoms with Gasteiger partial charge in [0.25, 0.3) is 5.91 Å². The van der Waals surface area contributed by atoms with E-state index in [1.165, 1.54) is 23.3 Å². The largest absolute Gasteiger partial charge is 0.335 e. The maximum Gasteiger partial charge on any atom is 0.276 e. The highest BCUT2D eigenvalue weighted by Crippen LogP contribution is 2.16. The fourth-order valence-electron chi connectivity index (χ4n) is 3.62. The Morgan fingerprint density at radius 1 is 1.25 bits per heavy atom. The summed E-state index contributed by atoms with van der Waals surface area (Å²) >= 11 is 0. The average molecular weight is 327 g/mol. The zero-order valence-electron chi connectivity index (χ0n) is 15.1. The molecule has 0 spiro atoms. The van der Waals surface area contributed by atoms with Gasteiger partial charge < -0.3 is 10.2 Å². The summed E-state index contributed by atoms with van der Waals surface area (Å²) in [6.07, 6.45) is 10.7. The molecule has 1 fully saturated rings. The lowest BCUT2D eigenvalue weighted by Gasteiger charge is -2.31. The van der Waals surface area contributed by atoms with Crippen LogP contribution < -0.4 is 10.2 Å². The van der Waals surface area contributed by atoms with Crippen LogP contribution in [-0.4, -0.2) is 31.1 Å². The lowest BCUT2D eigenvalue weighted by atomic mass is 9.90. The minimum atomic E-state index is -0.470. The second kappa shape index (κ2) is 8.89. The van der Waals surface area contributed by atoms with Crippen LogP contribution in [0.25, 0.3) is 0 Å². The van der Waals surface area contributed by atoms with Crippen molar-refractivity contribution in [1.29, 1.82) is 0 Å². The number of hydrogen-bond donors (Lipinski definition) is 2. The van der Waals surface area contributed by atoms with Crippen LogP contribution in [0.3, 0.4) is 0 Å². The van der Waals surface area contributed by atoms with E-state index in [9.17, 15) is 4.79 Å². The number of carbonyl (C=O) groups is 1. The Labute approximate surface area is 146 Å². The lowest BCUT2D eigenvalue weighted by Crippen LogP contribution is -3.14. The van der Waals surface area contributed by atoms with E-state index in [0.29, 0.717) is 6.54 Å². The van der Waals surface area contributed by atoms with E-state index in [2.05, 4.69) is 41.6 Å². The molecular formula is C21H31N2O+. The Kier molecular flexibility index (Phi) is 6.87. The van der Waals surface area contributed by atoms with Crippen LogP contribution in [0.4, 0.5) is 0 Å². The molecule has 0 aliphatic carbocycles. The van der Waals surface area contributed by atoms with Crippen LogP contribution in [0.5, 0.6) is 0 Å². The van der Waals surface area contributed by atoms with Crippen molar-refractivity contribution >= 4 is 5.91 Å². The zero-order chi connectivity index (χ0) is 17.4. The van der Waals surface area contributed by atoms with Crippen molar-refractivity contribution in [1.82, 2.24) is 5.32 Å². The van der Waals surface area contributed by atoms with Gasteiger partial charge in [0.15, 0.2) is 6.54 Å². The molecule has 0 aromatic heterocycles. The number of amides is 1. The van der Waals surface area contributed by atoms with E-state index < -0.39 is 5.54 Å². The molecule has 1 saturated heterocycles. The molecule has 2 N–H and O–H groups in total. The summed E-state index contributed by atoms with van der Waals surface area (Å²) in [5, 5.41) is 3.08. The number of hydrogen-bond acceptors (Lipinski definition) is 1. The molecule has 1 amide bonds. The molecule has 0 bridgehead atoms. The molecular weight excluding hydrogens is 296 g/mol. The first-order chi connectivity index (χ1) is 11.6. The molecule has 0 saturated carbocycles. The third kappa shape index (κ3) is 5.11. The lowest BCUT2D eigenvalue weighted by molar-refractivity contribution is -0.898. The third-order valence-electron chi connectivity index (χ3n) is 5.45. The molecule has 1 heterocycles. The average Bonchev–Trinajstić information content (AvgIpc) is 2.62. The molecule has 1 aromatic carbocycles. The minimum Gasteiger partial charge on any atom is -0.335 e. The van der Waals surface area contributed by atoms with E-state index in [0.717, 1.165) is 38.3 Å². The van der Waals surface area contributed by atoms with Gasteiger partial charge in [0.2, 0.25) is 0 Å². The Bertz CT molecular complexity index is 549. The van der Waals surface area contributed by atoms with Crippen molar-refractivity contribution in [3.8, 4) is 12.3 Å². The van der Waals surface area contributed by atoms with Crippen LogP contribution >= 0.6 is 0 Å². The predicted molar refractivity (Wildman–Crippen MR) is 98.7 cm³/mol. The van der Waals surface area contributed by atoms with Crippen molar-refractivity contribution in [2.45, 2.75) is 51.5 Å². The summed E-state index contributed by atoms with van der Waals surface area (Å²) in [5.74, 6) is 3.61. The fourth-order valence-corrected chi connectivity index (χ4v) is 3.62. The number of terminal acetylenes is 1. The van der Waals surface area contributed by atoms with Crippen molar-refractivity contribution in [2.75, 3.05) is 19.6 Å². The first kappa shape index (κ1) is 18.5. The van der Waals surface area contributed by atoms with E-state index in [4.69, 9.17) is 6.42 Å². The second-order valence-corrected chi connectivity index (χ2v) is 7.04. The van der Waals surface area contributed by atoms with Gasteiger partial charge in [-0.05, 0) is 43.6 Å². The van der Waals surface area contributed by atoms with E-state index in [-0.39, 0.29) is 5.91 Å². The van der Waals surface area contributed by atoms with Gasteiger partial charge in [-0.2, -0.15) is 0 Å². The highest BCUT2D eigenvalue weighted by molar-refractivity contribution is 5.78. The van der Waals surface area contributed by atoms with Crippen LogP contribution in [0.1, 0.15) is 45.1 Å². The van der Waals surface area contributed by atoms with Gasteiger partial charge >= 0.3 is 0 Å². The molecule has 0 radical (unpaired) electrons. The standard InChI is InChI=1S/C21H30N2O/c1-4-21(5-2,6-3)22-20(24)17-23-14-12-19(13-15-23)16-18-10-8-7-9-11-18/h1,7-11,19H,5-6,12-17H2,2-3H3,(H,22,24)/p+1. The Balaban J connectivity index is 1.76. The molecule has 3 nitrogen and oxygen atoms in total. The highest BCUT2D eigenvalue weighted by atomic mass is 16.2. The summed E-state index contributed by atoms with van der Waals surface area (Å²) in [4.78, 5) is 13.7. The van der Waals surface area contributed by atoms with Gasteiger partial charge in [0.1, 0.15) is 5.54 Å². The van der Waals surface area contributed by atoms with E-state index in [1.807, 2.05) is 13.8 Å². The van der Waals surface area contributed by atoms with Crippen LogP contribution in [0.2, 0.25) is 0 Å². The quantitative estimate of drug-likeness (QED) is 0.736. The summed E-state index contributed by atoms with van der Waals surface area (Å²) < 4.78 is 0. The van der Waals surface area contributed by atoms with Crippen LogP contribution in [0, 0.1) is 18.3 Å². The van der Waals surface area contributed by atoms with Gasteiger partial charge in [0.05, 0.1) is 13.1 Å². The first-order valence-electron chi connectivity index (χ1n) is 9.27. The number of piperidine rings is 1. The minimum absolute atomic E-state index is 0.0909. The smallest absolute Gasteiger partial charge is 0.276 e. The zero-order valence-corrected chi connectivity index (χ0v) is 15.1. The first-order valence-corrected chi connectivity index (χ1v) is 9.27. The van der Waals surface area contributed by atoms with Gasteiger partial charge in [-0.1, -0.05) is 50.1 Å². The van der Waals surface area contributed by atoms with Crippen LogP contribution in [-0.2, 0) is 11.2 Å². The predicted octanol–water partition coefficient (Wildman–Crippen LogP) is 1.83. The molecule has 0 atom stereocenters. The number of benzene rings is 1. The molecule has 130 valence electrons. The number of rotatable bonds is 7. The summed E-state index contributed by atoms with van der Waals surface area (Å²) in [7, 11) is 0. The normalized spacial score (nSPS) is 21.0. The monoisotopic (exact) mass is 327 g/mol. The molecule has 0 unspecified atom stereocenters. The number of likely N-dealkylation sites (tertiary alicyclic amines) is 1. The van der Waals surface area contributed by atoms with Crippen LogP contribution in [0.15, 0.2) is 30.3 Å². The summed E-state index contributed by atoms with van der Waals surface area (Å²) in [6.45, 7) is 6.76. The van der Waals surface area contributed by atoms with E-state index in [1.54, 1.807) is 0 Å². The maximum atomic E-state index is 12.3. The molecule has 3 heteroatoms. The van der Waals surface area contributed by atoms with Gasteiger partial charge in [0, 0.05) is 0 Å². The number of nitrogens with one attached hydrogen (secondary N) is 2. The second-order valence-electron chi connectivity index (χ2n) is 7.04. The topological polar surface area (TPSA) is 33.5 Å². The van der Waals surface area contributed by atoms with Crippen molar-refractivity contribution < 1.29 is 9.69 Å². The van der Waals surface area contributed by atoms with E-state index >= 15 is 0 Å². The Morgan fingerprint density at radius 3 is 2.42 bits per heavy atom. The number of carbonyl (C=O) groups excluding carboxylic acids is 1. The Morgan fingerprint density at radius 2 is 1.88 bits per heavy atom. The molecule has 1 aliphatic heterocycles. The molecule has 24 heavy (non-hydrogen) atoms.